The van der Waals surface area contributed by atoms with Crippen LogP contribution in [0.25, 0.3) is 33.4 Å². The molecule has 2 aliphatic carbocycles. The molecule has 0 saturated carbocycles. The van der Waals surface area contributed by atoms with Crippen LogP contribution in [0, 0.1) is 5.82 Å². The molecule has 0 spiro atoms. The number of hydrogen-bond donors (Lipinski definition) is 5. The summed E-state index contributed by atoms with van der Waals surface area (Å²) < 4.78 is 30.8. The van der Waals surface area contributed by atoms with Gasteiger partial charge in [0.2, 0.25) is 11.8 Å². The fourth-order valence-electron chi connectivity index (χ4n) is 7.17. The summed E-state index contributed by atoms with van der Waals surface area (Å²) in [4.78, 5) is 65.5. The highest BCUT2D eigenvalue weighted by Gasteiger charge is 2.40. The van der Waals surface area contributed by atoms with E-state index in [9.17, 15) is 43.7 Å². The minimum absolute atomic E-state index is 0.00960. The molecule has 7 rings (SSSR count). The number of anilines is 1. The van der Waals surface area contributed by atoms with Crippen molar-refractivity contribution in [3.8, 4) is 33.9 Å². The van der Waals surface area contributed by atoms with Crippen LogP contribution in [0.15, 0.2) is 124 Å². The highest BCUT2D eigenvalue weighted by atomic mass is 35.5. The number of carboxylic acid groups (broad SMARTS) is 1. The molecule has 4 aromatic rings. The van der Waals surface area contributed by atoms with E-state index < -0.39 is 47.9 Å². The summed E-state index contributed by atoms with van der Waals surface area (Å²) >= 11 is 6.33. The van der Waals surface area contributed by atoms with E-state index in [1.54, 1.807) is 30.3 Å². The average molecular weight is 850 g/mol. The maximum Gasteiger partial charge on any atom is 0.411 e. The van der Waals surface area contributed by atoms with Crippen molar-refractivity contribution < 1.29 is 52.8 Å². The number of aromatic hydroxyl groups is 1. The molecule has 3 aliphatic rings. The van der Waals surface area contributed by atoms with Gasteiger partial charge in [-0.15, -0.1) is 0 Å². The van der Waals surface area contributed by atoms with Crippen LogP contribution in [-0.2, 0) is 20.9 Å². The summed E-state index contributed by atoms with van der Waals surface area (Å²) in [5.74, 6) is -2.45. The van der Waals surface area contributed by atoms with Gasteiger partial charge in [-0.2, -0.15) is 0 Å². The van der Waals surface area contributed by atoms with Gasteiger partial charge in [0, 0.05) is 59.8 Å². The molecule has 1 aliphatic heterocycles. The lowest BCUT2D eigenvalue weighted by molar-refractivity contribution is -0.137. The second-order valence-electron chi connectivity index (χ2n) is 14.1. The number of halogens is 2. The molecule has 0 saturated heterocycles. The Morgan fingerprint density at radius 3 is 2.44 bits per heavy atom. The number of carbonyl (C=O) groups is 4. The Labute approximate surface area is 351 Å². The lowest BCUT2D eigenvalue weighted by Gasteiger charge is -2.40. The summed E-state index contributed by atoms with van der Waals surface area (Å²) in [5.41, 5.74) is 1.65. The van der Waals surface area contributed by atoms with Crippen molar-refractivity contribution in [2.24, 2.45) is 0 Å². The third-order valence-electron chi connectivity index (χ3n) is 10.1. The van der Waals surface area contributed by atoms with Gasteiger partial charge >= 0.3 is 12.1 Å². The second-order valence-corrected chi connectivity index (χ2v) is 14.5. The van der Waals surface area contributed by atoms with E-state index in [-0.39, 0.29) is 81.8 Å². The van der Waals surface area contributed by atoms with Gasteiger partial charge in [0.15, 0.2) is 5.43 Å². The number of carboxylic acids is 1. The number of fused-ring (bicyclic) bond motifs is 2. The zero-order valence-electron chi connectivity index (χ0n) is 32.3. The molecule has 312 valence electrons. The Kier molecular flexibility index (Phi) is 12.3. The number of benzene rings is 5. The maximum atomic E-state index is 13.6. The van der Waals surface area contributed by atoms with Gasteiger partial charge in [0.1, 0.15) is 47.5 Å². The average Bonchev–Trinajstić information content (AvgIpc) is 3.22. The number of para-hydroxylation sites is 1. The molecule has 0 radical (unpaired) electrons. The third-order valence-corrected chi connectivity index (χ3v) is 10.4. The van der Waals surface area contributed by atoms with Crippen LogP contribution in [0.2, 0.25) is 5.02 Å². The molecule has 3 atom stereocenters. The number of ether oxygens (including phenoxy) is 2. The van der Waals surface area contributed by atoms with Crippen LogP contribution in [-0.4, -0.2) is 75.5 Å². The number of aromatic carboxylic acids is 1. The lowest BCUT2D eigenvalue weighted by atomic mass is 9.88. The number of phenolic OH excluding ortho intramolecular Hbond substituents is 1. The fraction of sp³-hybridized carbons (Fsp3) is 0.178. The van der Waals surface area contributed by atoms with Crippen LogP contribution in [0.3, 0.4) is 0 Å². The maximum absolute atomic E-state index is 13.6. The van der Waals surface area contributed by atoms with E-state index in [4.69, 9.17) is 25.5 Å². The molecular formula is C45H37ClFN3O11. The molecule has 4 aromatic carbocycles. The molecule has 3 amide bonds. The van der Waals surface area contributed by atoms with Gasteiger partial charge in [-0.05, 0) is 77.9 Å². The summed E-state index contributed by atoms with van der Waals surface area (Å²) in [7, 11) is 0. The first-order valence-electron chi connectivity index (χ1n) is 18.9. The number of amides is 3. The number of phenols is 1. The predicted octanol–water partition coefficient (Wildman–Crippen LogP) is 6.98. The van der Waals surface area contributed by atoms with Gasteiger partial charge in [-0.25, -0.2) is 14.0 Å². The number of nitrogens with one attached hydrogen (secondary N) is 2. The number of rotatable bonds is 12. The summed E-state index contributed by atoms with van der Waals surface area (Å²) in [6.45, 7) is 0.872. The van der Waals surface area contributed by atoms with Gasteiger partial charge in [-0.1, -0.05) is 41.9 Å². The van der Waals surface area contributed by atoms with Crippen molar-refractivity contribution in [1.29, 1.82) is 0 Å². The Hall–Kier alpha value is -7.23. The van der Waals surface area contributed by atoms with Crippen molar-refractivity contribution in [3.05, 3.63) is 147 Å². The normalized spacial score (nSPS) is 16.1. The van der Waals surface area contributed by atoms with Crippen molar-refractivity contribution in [3.63, 3.8) is 0 Å². The van der Waals surface area contributed by atoms with Crippen LogP contribution < -0.4 is 20.8 Å². The smallest absolute Gasteiger partial charge is 0.411 e. The van der Waals surface area contributed by atoms with Crippen LogP contribution >= 0.6 is 11.6 Å². The van der Waals surface area contributed by atoms with E-state index in [2.05, 4.69) is 10.6 Å². The Bertz CT molecular complexity index is 2720. The van der Waals surface area contributed by atoms with Crippen LogP contribution in [0.5, 0.6) is 11.5 Å². The monoisotopic (exact) mass is 849 g/mol. The number of hydrogen-bond acceptors (Lipinski definition) is 10. The molecular weight excluding hydrogens is 813 g/mol. The predicted molar refractivity (Wildman–Crippen MR) is 222 cm³/mol. The molecule has 0 fully saturated rings. The van der Waals surface area contributed by atoms with E-state index >= 15 is 0 Å². The standard InChI is InChI=1S/C45H37ClFN3O11/c1-24(51)50(23-25-6-8-27(47)9-7-25)36-18-26(19-40(42(36)54)60-37-5-3-2-4-35(37)46)43(55)48-16-17-59-45(58)49-28-10-13-31(34(20-28)44(56)57)41-32-14-11-29(52)21-38(32)61-39-22-30(53)12-15-33(39)41/h2-15,19-22,36,40,42,52,54H,16-18,23H2,1H3,(H,48,55)(H,49,58)(H,56,57)/t36-,40+,42+/m1/s1. The number of aliphatic hydroxyl groups is 1. The van der Waals surface area contributed by atoms with Crippen molar-refractivity contribution in [2.75, 3.05) is 18.5 Å². The van der Waals surface area contributed by atoms with E-state index in [0.29, 0.717) is 22.1 Å². The first kappa shape index (κ1) is 41.9. The number of nitrogens with zero attached hydrogens (tertiary/aromatic N) is 1. The highest BCUT2D eigenvalue weighted by Crippen LogP contribution is 2.42. The first-order chi connectivity index (χ1) is 29.2. The van der Waals surface area contributed by atoms with Gasteiger partial charge in [0.25, 0.3) is 0 Å². The topological polar surface area (TPSA) is 205 Å². The zero-order valence-corrected chi connectivity index (χ0v) is 33.0. The molecule has 0 bridgehead atoms. The molecule has 14 nitrogen and oxygen atoms in total. The fourth-order valence-corrected chi connectivity index (χ4v) is 7.35. The van der Waals surface area contributed by atoms with Crippen molar-refractivity contribution in [1.82, 2.24) is 10.2 Å². The van der Waals surface area contributed by atoms with Crippen LogP contribution in [0.4, 0.5) is 14.9 Å². The summed E-state index contributed by atoms with van der Waals surface area (Å²) in [6, 6.07) is 23.8. The van der Waals surface area contributed by atoms with E-state index in [1.165, 1.54) is 90.7 Å². The quantitative estimate of drug-likeness (QED) is 0.0628. The Morgan fingerprint density at radius 2 is 1.70 bits per heavy atom. The number of carbonyl (C=O) groups excluding carboxylic acids is 3. The minimum atomic E-state index is -1.32. The molecule has 0 unspecified atom stereocenters. The largest absolute Gasteiger partial charge is 0.508 e. The molecule has 1 heterocycles. The van der Waals surface area contributed by atoms with Crippen molar-refractivity contribution in [2.45, 2.75) is 38.1 Å². The van der Waals surface area contributed by atoms with Crippen LogP contribution in [0.1, 0.15) is 29.3 Å². The molecule has 0 aromatic heterocycles. The van der Waals surface area contributed by atoms with E-state index in [1.807, 2.05) is 0 Å². The van der Waals surface area contributed by atoms with E-state index in [0.717, 1.165) is 0 Å². The SMILES string of the molecule is CC(=O)N(Cc1ccc(F)cc1)[C@@H]1CC(C(=O)NCCOC(=O)Nc2ccc(-c3c4ccc(=O)cc-4oc4cc(O)ccc34)c(C(=O)O)c2)=C[C@H](Oc2ccccc2Cl)[C@H]1O. The summed E-state index contributed by atoms with van der Waals surface area (Å²) in [5, 5.41) is 37.7. The van der Waals surface area contributed by atoms with Gasteiger partial charge in [-0.3, -0.25) is 19.7 Å². The highest BCUT2D eigenvalue weighted by molar-refractivity contribution is 6.32. The Morgan fingerprint density at radius 1 is 0.951 bits per heavy atom. The first-order valence-corrected chi connectivity index (χ1v) is 19.2. The molecule has 5 N–H and O–H groups in total. The molecule has 61 heavy (non-hydrogen) atoms. The zero-order chi connectivity index (χ0) is 43.4. The van der Waals surface area contributed by atoms with Gasteiger partial charge < -0.3 is 39.4 Å². The Balaban J connectivity index is 1.04. The van der Waals surface area contributed by atoms with Gasteiger partial charge in [0.05, 0.1) is 23.2 Å². The lowest BCUT2D eigenvalue weighted by Crippen LogP contribution is -2.54. The minimum Gasteiger partial charge on any atom is -0.508 e. The third kappa shape index (κ3) is 9.48. The second kappa shape index (κ2) is 17.9. The molecule has 16 heteroatoms. The van der Waals surface area contributed by atoms with Crippen molar-refractivity contribution >= 4 is 52.1 Å². The summed E-state index contributed by atoms with van der Waals surface area (Å²) in [6.07, 6.45) is -2.01. The number of aliphatic hydroxyl groups excluding tert-OH is 1.